The molecule has 0 heterocycles. The summed E-state index contributed by atoms with van der Waals surface area (Å²) in [7, 11) is -2.83. The molecule has 2 aliphatic carbocycles. The number of hydrogen-bond donors (Lipinski definition) is 0. The van der Waals surface area contributed by atoms with Gasteiger partial charge in [0.2, 0.25) is 0 Å². The standard InChI is InChI=1S/2C9H15O2Si.C2H4.2ClH.Zr/c2*1-12(2,3)11-8-10-9-6-4-5-7-9;1-2;;;/h2*6-7H,4,8H2,1-3H3;1H,2H3;2*1H;/q2*-1;;;;+2/p-2. The predicted molar refractivity (Wildman–Crippen MR) is 114 cm³/mol. The fourth-order valence-electron chi connectivity index (χ4n) is 1.51. The summed E-state index contributed by atoms with van der Waals surface area (Å²) in [5, 5.41) is 0. The third kappa shape index (κ3) is 24.4. The van der Waals surface area contributed by atoms with Crippen LogP contribution >= 0.6 is 0 Å². The first-order valence-electron chi connectivity index (χ1n) is 9.09. The SMILES string of the molecule is C[CH]=[Zr+2].C[Si](C)(C)OCOC1=CC[C-]=C1.C[Si](C)(C)OCOC1=CC[C-]=C1.[Cl-].[Cl-]. The van der Waals surface area contributed by atoms with Gasteiger partial charge < -0.3 is 43.1 Å². The Morgan fingerprint density at radius 2 is 1.14 bits per heavy atom. The summed E-state index contributed by atoms with van der Waals surface area (Å²) in [5.74, 6) is 1.77. The largest absolute Gasteiger partial charge is 1.00 e. The molecule has 0 N–H and O–H groups in total. The molecule has 0 amide bonds. The first-order chi connectivity index (χ1) is 12.6. The molecule has 0 unspecified atom stereocenters. The van der Waals surface area contributed by atoms with Crippen molar-refractivity contribution < 1.29 is 67.4 Å². The minimum atomic E-state index is -1.42. The first-order valence-corrected chi connectivity index (χ1v) is 17.3. The van der Waals surface area contributed by atoms with Gasteiger partial charge >= 0.3 is 34.9 Å². The Bertz CT molecular complexity index is 506. The second kappa shape index (κ2) is 19.0. The zero-order valence-electron chi connectivity index (χ0n) is 18.6. The molecule has 4 nitrogen and oxygen atoms in total. The molecule has 2 aliphatic rings. The average molecular weight is 557 g/mol. The third-order valence-electron chi connectivity index (χ3n) is 2.77. The van der Waals surface area contributed by atoms with Gasteiger partial charge in [0.25, 0.3) is 0 Å². The van der Waals surface area contributed by atoms with Crippen molar-refractivity contribution in [3.8, 4) is 0 Å². The second-order valence-electron chi connectivity index (χ2n) is 7.64. The summed E-state index contributed by atoms with van der Waals surface area (Å²) in [6.45, 7) is 15.6. The van der Waals surface area contributed by atoms with Gasteiger partial charge in [0.05, 0.1) is 0 Å². The third-order valence-corrected chi connectivity index (χ3v) is 4.73. The topological polar surface area (TPSA) is 36.9 Å². The summed E-state index contributed by atoms with van der Waals surface area (Å²) < 4.78 is 23.8. The molecule has 0 aromatic carbocycles. The molecule has 0 bridgehead atoms. The van der Waals surface area contributed by atoms with E-state index in [9.17, 15) is 0 Å². The fourth-order valence-corrected chi connectivity index (χ4v) is 2.33. The summed E-state index contributed by atoms with van der Waals surface area (Å²) >= 11 is 1.51. The van der Waals surface area contributed by atoms with E-state index in [2.05, 4.69) is 55.1 Å². The molecule has 0 spiro atoms. The van der Waals surface area contributed by atoms with Crippen molar-refractivity contribution in [1.82, 2.24) is 0 Å². The van der Waals surface area contributed by atoms with Gasteiger partial charge in [-0.15, -0.1) is 25.0 Å². The van der Waals surface area contributed by atoms with Crippen LogP contribution in [-0.2, 0) is 42.6 Å². The summed E-state index contributed by atoms with van der Waals surface area (Å²) in [4.78, 5) is 0. The van der Waals surface area contributed by atoms with E-state index in [-0.39, 0.29) is 24.8 Å². The smallest absolute Gasteiger partial charge is 0.188 e. The van der Waals surface area contributed by atoms with Crippen LogP contribution in [0.3, 0.4) is 0 Å². The van der Waals surface area contributed by atoms with Crippen molar-refractivity contribution in [1.29, 1.82) is 0 Å². The maximum absolute atomic E-state index is 5.52. The van der Waals surface area contributed by atoms with Crippen LogP contribution in [0.4, 0.5) is 0 Å². The van der Waals surface area contributed by atoms with E-state index in [1.807, 2.05) is 31.2 Å². The number of ether oxygens (including phenoxy) is 2. The van der Waals surface area contributed by atoms with Gasteiger partial charge in [-0.3, -0.25) is 12.2 Å². The molecule has 166 valence electrons. The predicted octanol–water partition coefficient (Wildman–Crippen LogP) is -0.719. The summed E-state index contributed by atoms with van der Waals surface area (Å²) in [6.07, 6.45) is 15.5. The van der Waals surface area contributed by atoms with E-state index in [0.717, 1.165) is 24.4 Å². The summed E-state index contributed by atoms with van der Waals surface area (Å²) in [6, 6.07) is 0. The maximum Gasteiger partial charge on any atom is 0.188 e. The molecular formula is C20H34Cl2O4Si2Zr-2. The van der Waals surface area contributed by atoms with Crippen LogP contribution in [0.15, 0.2) is 35.8 Å². The number of allylic oxidation sites excluding steroid dienone is 6. The van der Waals surface area contributed by atoms with Crippen LogP contribution in [-0.4, -0.2) is 33.9 Å². The molecule has 29 heavy (non-hydrogen) atoms. The van der Waals surface area contributed by atoms with Crippen LogP contribution in [0, 0.1) is 12.2 Å². The van der Waals surface area contributed by atoms with Gasteiger partial charge in [-0.2, -0.15) is 12.2 Å². The molecule has 0 saturated carbocycles. The maximum atomic E-state index is 5.52. The van der Waals surface area contributed by atoms with Crippen LogP contribution in [0.2, 0.25) is 39.3 Å². The van der Waals surface area contributed by atoms with Crippen molar-refractivity contribution in [2.24, 2.45) is 0 Å². The Kier molecular flexibility index (Phi) is 22.2. The molecule has 0 saturated heterocycles. The van der Waals surface area contributed by atoms with Crippen molar-refractivity contribution >= 4 is 20.3 Å². The average Bonchev–Trinajstić information content (AvgIpc) is 3.19. The van der Waals surface area contributed by atoms with Crippen LogP contribution in [0.25, 0.3) is 0 Å². The van der Waals surface area contributed by atoms with Crippen LogP contribution < -0.4 is 24.8 Å². The van der Waals surface area contributed by atoms with Crippen LogP contribution in [0.1, 0.15) is 19.8 Å². The zero-order chi connectivity index (χ0) is 20.8. The van der Waals surface area contributed by atoms with E-state index in [0.29, 0.717) is 13.6 Å². The van der Waals surface area contributed by atoms with Crippen molar-refractivity contribution in [3.63, 3.8) is 0 Å². The molecule has 0 aromatic rings. The zero-order valence-corrected chi connectivity index (χ0v) is 24.6. The van der Waals surface area contributed by atoms with E-state index >= 15 is 0 Å². The normalized spacial score (nSPS) is 14.1. The van der Waals surface area contributed by atoms with Crippen molar-refractivity contribution in [3.05, 3.63) is 48.0 Å². The van der Waals surface area contributed by atoms with E-state index in [1.165, 1.54) is 24.2 Å². The van der Waals surface area contributed by atoms with E-state index < -0.39 is 16.6 Å². The molecule has 0 aromatic heterocycles. The van der Waals surface area contributed by atoms with E-state index in [4.69, 9.17) is 18.3 Å². The minimum absolute atomic E-state index is 0. The molecule has 0 fully saturated rings. The van der Waals surface area contributed by atoms with E-state index in [1.54, 1.807) is 0 Å². The fraction of sp³-hybridized carbons (Fsp3) is 0.550. The monoisotopic (exact) mass is 554 g/mol. The number of halogens is 2. The van der Waals surface area contributed by atoms with Gasteiger partial charge in [0, 0.05) is 0 Å². The Morgan fingerprint density at radius 3 is 1.34 bits per heavy atom. The quantitative estimate of drug-likeness (QED) is 0.225. The molecule has 2 rings (SSSR count). The Balaban J connectivity index is -0.000000387. The molecule has 9 heteroatoms. The Hall–Kier alpha value is 0.247. The van der Waals surface area contributed by atoms with Crippen molar-refractivity contribution in [2.45, 2.75) is 59.0 Å². The first kappa shape index (κ1) is 33.9. The Morgan fingerprint density at radius 1 is 0.828 bits per heavy atom. The van der Waals surface area contributed by atoms with Gasteiger partial charge in [0.1, 0.15) is 0 Å². The molecular weight excluding hydrogens is 523 g/mol. The minimum Gasteiger partial charge on any atom is -1.00 e. The van der Waals surface area contributed by atoms with Gasteiger partial charge in [-0.1, -0.05) is 0 Å². The van der Waals surface area contributed by atoms with Gasteiger partial charge in [-0.25, -0.2) is 0 Å². The van der Waals surface area contributed by atoms with Crippen molar-refractivity contribution in [2.75, 3.05) is 13.6 Å². The number of rotatable bonds is 8. The molecule has 0 atom stereocenters. The summed E-state index contributed by atoms with van der Waals surface area (Å²) in [5.41, 5.74) is 0. The molecule has 0 radical (unpaired) electrons. The van der Waals surface area contributed by atoms with Gasteiger partial charge in [0.15, 0.2) is 30.2 Å². The van der Waals surface area contributed by atoms with Gasteiger partial charge in [-0.05, 0) is 50.8 Å². The second-order valence-corrected chi connectivity index (χ2v) is 18.1. The molecule has 0 aliphatic heterocycles. The van der Waals surface area contributed by atoms with Crippen LogP contribution in [0.5, 0.6) is 0 Å². The Labute approximate surface area is 207 Å². The number of hydrogen-bond acceptors (Lipinski definition) is 4.